The number of ether oxygens (including phenoxy) is 1. The van der Waals surface area contributed by atoms with E-state index in [4.69, 9.17) is 22.1 Å². The van der Waals surface area contributed by atoms with Crippen molar-refractivity contribution in [3.05, 3.63) is 33.8 Å². The van der Waals surface area contributed by atoms with Crippen molar-refractivity contribution in [2.24, 2.45) is 11.7 Å². The zero-order valence-corrected chi connectivity index (χ0v) is 12.7. The molecule has 0 heterocycles. The predicted molar refractivity (Wildman–Crippen MR) is 79.6 cm³/mol. The van der Waals surface area contributed by atoms with E-state index in [-0.39, 0.29) is 17.9 Å². The number of amides is 1. The van der Waals surface area contributed by atoms with Crippen LogP contribution in [-0.4, -0.2) is 19.1 Å². The van der Waals surface area contributed by atoms with Crippen LogP contribution in [0.2, 0.25) is 5.02 Å². The maximum absolute atomic E-state index is 12.1. The third-order valence-electron chi connectivity index (χ3n) is 2.92. The molecule has 0 radical (unpaired) electrons. The number of rotatable bonds is 3. The summed E-state index contributed by atoms with van der Waals surface area (Å²) in [6.45, 7) is 0. The number of methoxy groups -OCH3 is 1. The number of carbonyl (C=O) groups excluding carboxylic acids is 1. The van der Waals surface area contributed by atoms with Crippen LogP contribution in [0.25, 0.3) is 0 Å². The molecule has 0 saturated heterocycles. The minimum Gasteiger partial charge on any atom is -0.493 e. The third kappa shape index (κ3) is 3.29. The van der Waals surface area contributed by atoms with Crippen molar-refractivity contribution < 1.29 is 9.53 Å². The standard InChI is InChI=1S/C13H14BrClN2O2/c1-19-12-10(14)5-8(15)6-11(12)17-13(18)7-2-3-9(16)4-7/h2-3,5-7,9H,4,16H2,1H3,(H,17,18). The first-order chi connectivity index (χ1) is 9.01. The lowest BCUT2D eigenvalue weighted by atomic mass is 10.1. The summed E-state index contributed by atoms with van der Waals surface area (Å²) in [5, 5.41) is 3.34. The molecule has 1 aliphatic rings. The van der Waals surface area contributed by atoms with Crippen molar-refractivity contribution >= 4 is 39.1 Å². The molecular formula is C13H14BrClN2O2. The Hall–Kier alpha value is -1.04. The third-order valence-corrected chi connectivity index (χ3v) is 3.73. The molecule has 19 heavy (non-hydrogen) atoms. The number of nitrogens with two attached hydrogens (primary N) is 1. The average Bonchev–Trinajstić information content (AvgIpc) is 2.75. The molecule has 0 saturated carbocycles. The van der Waals surface area contributed by atoms with Crippen molar-refractivity contribution in [1.82, 2.24) is 0 Å². The fraction of sp³-hybridized carbons (Fsp3) is 0.308. The Morgan fingerprint density at radius 3 is 2.84 bits per heavy atom. The van der Waals surface area contributed by atoms with Crippen LogP contribution < -0.4 is 15.8 Å². The molecule has 6 heteroatoms. The van der Waals surface area contributed by atoms with Gasteiger partial charge < -0.3 is 15.8 Å². The zero-order valence-electron chi connectivity index (χ0n) is 10.3. The lowest BCUT2D eigenvalue weighted by molar-refractivity contribution is -0.118. The van der Waals surface area contributed by atoms with Crippen LogP contribution in [0.1, 0.15) is 6.42 Å². The van der Waals surface area contributed by atoms with Crippen LogP contribution in [0.3, 0.4) is 0 Å². The van der Waals surface area contributed by atoms with E-state index in [1.54, 1.807) is 12.1 Å². The maximum Gasteiger partial charge on any atom is 0.231 e. The van der Waals surface area contributed by atoms with Crippen LogP contribution in [0, 0.1) is 5.92 Å². The van der Waals surface area contributed by atoms with Crippen molar-refractivity contribution in [1.29, 1.82) is 0 Å². The smallest absolute Gasteiger partial charge is 0.231 e. The van der Waals surface area contributed by atoms with E-state index in [2.05, 4.69) is 21.2 Å². The summed E-state index contributed by atoms with van der Waals surface area (Å²) in [7, 11) is 1.54. The summed E-state index contributed by atoms with van der Waals surface area (Å²) in [5.74, 6) is 0.221. The normalized spacial score (nSPS) is 21.5. The van der Waals surface area contributed by atoms with Crippen LogP contribution in [-0.2, 0) is 4.79 Å². The van der Waals surface area contributed by atoms with E-state index >= 15 is 0 Å². The summed E-state index contributed by atoms with van der Waals surface area (Å²) >= 11 is 9.32. The molecule has 2 atom stereocenters. The molecular weight excluding hydrogens is 332 g/mol. The Morgan fingerprint density at radius 1 is 1.53 bits per heavy atom. The van der Waals surface area contributed by atoms with E-state index in [0.29, 0.717) is 27.4 Å². The molecule has 1 aromatic rings. The van der Waals surface area contributed by atoms with Crippen molar-refractivity contribution in [2.45, 2.75) is 12.5 Å². The van der Waals surface area contributed by atoms with E-state index in [1.807, 2.05) is 12.2 Å². The number of carbonyl (C=O) groups is 1. The quantitative estimate of drug-likeness (QED) is 0.828. The number of hydrogen-bond acceptors (Lipinski definition) is 3. The fourth-order valence-electron chi connectivity index (χ4n) is 2.01. The van der Waals surface area contributed by atoms with Gasteiger partial charge in [0.05, 0.1) is 23.2 Å². The monoisotopic (exact) mass is 344 g/mol. The summed E-state index contributed by atoms with van der Waals surface area (Å²) in [5.41, 5.74) is 6.28. The van der Waals surface area contributed by atoms with Gasteiger partial charge in [0, 0.05) is 11.1 Å². The highest BCUT2D eigenvalue weighted by atomic mass is 79.9. The summed E-state index contributed by atoms with van der Waals surface area (Å²) in [6.07, 6.45) is 4.29. The molecule has 0 fully saturated rings. The van der Waals surface area contributed by atoms with Gasteiger partial charge in [-0.05, 0) is 34.5 Å². The van der Waals surface area contributed by atoms with Crippen LogP contribution in [0.4, 0.5) is 5.69 Å². The molecule has 102 valence electrons. The first-order valence-corrected chi connectivity index (χ1v) is 6.96. The summed E-state index contributed by atoms with van der Waals surface area (Å²) in [4.78, 5) is 12.1. The van der Waals surface area contributed by atoms with E-state index < -0.39 is 0 Å². The highest BCUT2D eigenvalue weighted by molar-refractivity contribution is 9.10. The topological polar surface area (TPSA) is 64.3 Å². The van der Waals surface area contributed by atoms with Gasteiger partial charge in [-0.25, -0.2) is 0 Å². The second-order valence-corrected chi connectivity index (χ2v) is 5.64. The number of hydrogen-bond donors (Lipinski definition) is 2. The van der Waals surface area contributed by atoms with Gasteiger partial charge in [0.2, 0.25) is 5.91 Å². The van der Waals surface area contributed by atoms with Crippen molar-refractivity contribution in [3.63, 3.8) is 0 Å². The van der Waals surface area contributed by atoms with Gasteiger partial charge in [-0.3, -0.25) is 4.79 Å². The summed E-state index contributed by atoms with van der Waals surface area (Å²) in [6, 6.07) is 3.31. The van der Waals surface area contributed by atoms with Crippen LogP contribution >= 0.6 is 27.5 Å². The van der Waals surface area contributed by atoms with Gasteiger partial charge >= 0.3 is 0 Å². The molecule has 2 rings (SSSR count). The summed E-state index contributed by atoms with van der Waals surface area (Å²) < 4.78 is 5.94. The highest BCUT2D eigenvalue weighted by Gasteiger charge is 2.24. The van der Waals surface area contributed by atoms with Crippen LogP contribution in [0.15, 0.2) is 28.8 Å². The van der Waals surface area contributed by atoms with E-state index in [1.165, 1.54) is 7.11 Å². The average molecular weight is 346 g/mol. The van der Waals surface area contributed by atoms with Gasteiger partial charge in [0.15, 0.2) is 5.75 Å². The zero-order chi connectivity index (χ0) is 14.0. The number of anilines is 1. The highest BCUT2D eigenvalue weighted by Crippen LogP contribution is 2.36. The van der Waals surface area contributed by atoms with Crippen LogP contribution in [0.5, 0.6) is 5.75 Å². The molecule has 0 aliphatic heterocycles. The van der Waals surface area contributed by atoms with Crippen molar-refractivity contribution in [2.75, 3.05) is 12.4 Å². The molecule has 1 aliphatic carbocycles. The predicted octanol–water partition coefficient (Wildman–Crippen LogP) is 2.95. The van der Waals surface area contributed by atoms with Gasteiger partial charge in [0.1, 0.15) is 0 Å². The fourth-order valence-corrected chi connectivity index (χ4v) is 2.98. The molecule has 1 aromatic carbocycles. The second kappa shape index (κ2) is 5.94. The number of benzene rings is 1. The Balaban J connectivity index is 2.19. The van der Waals surface area contributed by atoms with Gasteiger partial charge in [0.25, 0.3) is 0 Å². The van der Waals surface area contributed by atoms with Gasteiger partial charge in [-0.1, -0.05) is 23.8 Å². The first kappa shape index (κ1) is 14.4. The lowest BCUT2D eigenvalue weighted by Gasteiger charge is -2.15. The minimum atomic E-state index is -0.211. The van der Waals surface area contributed by atoms with E-state index in [9.17, 15) is 4.79 Å². The molecule has 0 bridgehead atoms. The Bertz CT molecular complexity index is 534. The first-order valence-electron chi connectivity index (χ1n) is 5.79. The van der Waals surface area contributed by atoms with Crippen molar-refractivity contribution in [3.8, 4) is 5.75 Å². The van der Waals surface area contributed by atoms with E-state index in [0.717, 1.165) is 0 Å². The number of halogens is 2. The molecule has 2 unspecified atom stereocenters. The Morgan fingerprint density at radius 2 is 2.26 bits per heavy atom. The largest absolute Gasteiger partial charge is 0.493 e. The van der Waals surface area contributed by atoms with Gasteiger partial charge in [-0.15, -0.1) is 0 Å². The lowest BCUT2D eigenvalue weighted by Crippen LogP contribution is -2.24. The second-order valence-electron chi connectivity index (χ2n) is 4.35. The number of nitrogens with one attached hydrogen (secondary N) is 1. The molecule has 0 spiro atoms. The Kier molecular flexibility index (Phi) is 4.50. The van der Waals surface area contributed by atoms with Gasteiger partial charge in [-0.2, -0.15) is 0 Å². The maximum atomic E-state index is 12.1. The molecule has 4 nitrogen and oxygen atoms in total. The minimum absolute atomic E-state index is 0.0521. The molecule has 3 N–H and O–H groups in total. The SMILES string of the molecule is COc1c(Br)cc(Cl)cc1NC(=O)C1C=CC(N)C1. The Labute approximate surface area is 125 Å². The molecule has 0 aromatic heterocycles. The molecule has 1 amide bonds.